The fraction of sp³-hybridized carbons (Fsp3) is 0.222. The molecule has 5 nitrogen and oxygen atoms in total. The van der Waals surface area contributed by atoms with Crippen molar-refractivity contribution in [2.45, 2.75) is 5.03 Å². The molecule has 15 heavy (non-hydrogen) atoms. The van der Waals surface area contributed by atoms with Crippen LogP contribution in [0.15, 0.2) is 29.3 Å². The van der Waals surface area contributed by atoms with Gasteiger partial charge in [-0.1, -0.05) is 12.1 Å². The SMILES string of the molecule is CN(C)S(=O)(=O)c1[nH]nc2ccccc12. The number of sulfonamides is 1. The van der Waals surface area contributed by atoms with Crippen LogP contribution in [0.25, 0.3) is 10.9 Å². The molecular weight excluding hydrogens is 214 g/mol. The lowest BCUT2D eigenvalue weighted by molar-refractivity contribution is 0.517. The van der Waals surface area contributed by atoms with Crippen molar-refractivity contribution in [3.8, 4) is 0 Å². The van der Waals surface area contributed by atoms with Crippen LogP contribution < -0.4 is 0 Å². The molecule has 0 aliphatic rings. The van der Waals surface area contributed by atoms with E-state index in [1.165, 1.54) is 14.1 Å². The van der Waals surface area contributed by atoms with E-state index in [1.54, 1.807) is 18.2 Å². The van der Waals surface area contributed by atoms with Crippen LogP contribution in [0.4, 0.5) is 0 Å². The molecule has 0 amide bonds. The van der Waals surface area contributed by atoms with Crippen LogP contribution in [-0.4, -0.2) is 37.0 Å². The minimum Gasteiger partial charge on any atom is -0.265 e. The van der Waals surface area contributed by atoms with E-state index in [9.17, 15) is 8.42 Å². The highest BCUT2D eigenvalue weighted by molar-refractivity contribution is 7.89. The Balaban J connectivity index is 2.74. The highest BCUT2D eigenvalue weighted by Gasteiger charge is 2.22. The van der Waals surface area contributed by atoms with Crippen molar-refractivity contribution in [1.29, 1.82) is 0 Å². The van der Waals surface area contributed by atoms with Gasteiger partial charge in [-0.25, -0.2) is 12.7 Å². The number of aromatic nitrogens is 2. The number of para-hydroxylation sites is 1. The molecule has 1 N–H and O–H groups in total. The topological polar surface area (TPSA) is 66.1 Å². The number of fused-ring (bicyclic) bond motifs is 1. The maximum absolute atomic E-state index is 11.9. The molecule has 0 fully saturated rings. The van der Waals surface area contributed by atoms with Gasteiger partial charge in [0.1, 0.15) is 0 Å². The summed E-state index contributed by atoms with van der Waals surface area (Å²) in [4.78, 5) is 0. The Labute approximate surface area is 87.8 Å². The lowest BCUT2D eigenvalue weighted by Crippen LogP contribution is -2.22. The van der Waals surface area contributed by atoms with Gasteiger partial charge in [0.15, 0.2) is 5.03 Å². The van der Waals surface area contributed by atoms with Crippen molar-refractivity contribution in [2.75, 3.05) is 14.1 Å². The van der Waals surface area contributed by atoms with Crippen LogP contribution in [0.2, 0.25) is 0 Å². The third-order valence-electron chi connectivity index (χ3n) is 2.17. The third kappa shape index (κ3) is 1.51. The first-order valence-corrected chi connectivity index (χ1v) is 5.83. The smallest absolute Gasteiger partial charge is 0.260 e. The number of H-pyrrole nitrogens is 1. The fourth-order valence-corrected chi connectivity index (χ4v) is 2.29. The van der Waals surface area contributed by atoms with Gasteiger partial charge in [-0.15, -0.1) is 0 Å². The maximum atomic E-state index is 11.9. The quantitative estimate of drug-likeness (QED) is 0.822. The predicted octanol–water partition coefficient (Wildman–Crippen LogP) is 0.813. The monoisotopic (exact) mass is 225 g/mol. The van der Waals surface area contributed by atoms with E-state index >= 15 is 0 Å². The van der Waals surface area contributed by atoms with Gasteiger partial charge < -0.3 is 0 Å². The first kappa shape index (κ1) is 10.1. The van der Waals surface area contributed by atoms with Crippen molar-refractivity contribution in [2.24, 2.45) is 0 Å². The molecule has 0 aliphatic carbocycles. The van der Waals surface area contributed by atoms with Crippen molar-refractivity contribution < 1.29 is 8.42 Å². The molecule has 1 aromatic heterocycles. The summed E-state index contributed by atoms with van der Waals surface area (Å²) in [7, 11) is -0.463. The van der Waals surface area contributed by atoms with Crippen molar-refractivity contribution in [1.82, 2.24) is 14.5 Å². The van der Waals surface area contributed by atoms with E-state index < -0.39 is 10.0 Å². The van der Waals surface area contributed by atoms with Gasteiger partial charge in [-0.05, 0) is 12.1 Å². The predicted molar refractivity (Wildman–Crippen MR) is 57.0 cm³/mol. The number of hydrogen-bond acceptors (Lipinski definition) is 3. The van der Waals surface area contributed by atoms with Gasteiger partial charge in [-0.3, -0.25) is 5.10 Å². The summed E-state index contributed by atoms with van der Waals surface area (Å²) in [5.74, 6) is 0. The molecule has 1 heterocycles. The Kier molecular flexibility index (Phi) is 2.24. The number of rotatable bonds is 2. The zero-order valence-electron chi connectivity index (χ0n) is 8.43. The van der Waals surface area contributed by atoms with Crippen LogP contribution in [0.1, 0.15) is 0 Å². The minimum atomic E-state index is -3.44. The summed E-state index contributed by atoms with van der Waals surface area (Å²) >= 11 is 0. The Morgan fingerprint density at radius 2 is 1.93 bits per heavy atom. The average Bonchev–Trinajstić information content (AvgIpc) is 2.61. The highest BCUT2D eigenvalue weighted by atomic mass is 32.2. The summed E-state index contributed by atoms with van der Waals surface area (Å²) in [5, 5.41) is 7.25. The molecular formula is C9H11N3O2S. The zero-order chi connectivity index (χ0) is 11.1. The van der Waals surface area contributed by atoms with Crippen molar-refractivity contribution in [3.63, 3.8) is 0 Å². The third-order valence-corrected chi connectivity index (χ3v) is 3.95. The normalized spacial score (nSPS) is 12.5. The molecule has 6 heteroatoms. The van der Waals surface area contributed by atoms with E-state index in [0.29, 0.717) is 10.9 Å². The molecule has 0 radical (unpaired) electrons. The highest BCUT2D eigenvalue weighted by Crippen LogP contribution is 2.21. The molecule has 0 unspecified atom stereocenters. The summed E-state index contributed by atoms with van der Waals surface area (Å²) < 4.78 is 24.9. The van der Waals surface area contributed by atoms with Crippen molar-refractivity contribution in [3.05, 3.63) is 24.3 Å². The van der Waals surface area contributed by atoms with E-state index in [-0.39, 0.29) is 5.03 Å². The molecule has 0 bridgehead atoms. The minimum absolute atomic E-state index is 0.142. The molecule has 2 rings (SSSR count). The Morgan fingerprint density at radius 1 is 1.27 bits per heavy atom. The first-order chi connectivity index (χ1) is 7.03. The van der Waals surface area contributed by atoms with Gasteiger partial charge in [0.2, 0.25) is 0 Å². The fourth-order valence-electron chi connectivity index (χ4n) is 1.31. The van der Waals surface area contributed by atoms with Gasteiger partial charge in [-0.2, -0.15) is 5.10 Å². The molecule has 0 saturated heterocycles. The largest absolute Gasteiger partial charge is 0.265 e. The second-order valence-electron chi connectivity index (χ2n) is 3.36. The molecule has 0 spiro atoms. The summed E-state index contributed by atoms with van der Waals surface area (Å²) in [6.07, 6.45) is 0. The standard InChI is InChI=1S/C9H11N3O2S/c1-12(2)15(13,14)9-7-5-3-4-6-8(7)10-11-9/h3-6H,1-2H3,(H,10,11). The Bertz CT molecular complexity index is 586. The molecule has 1 aromatic carbocycles. The Hall–Kier alpha value is -1.40. The molecule has 0 atom stereocenters. The van der Waals surface area contributed by atoms with Crippen LogP contribution in [0, 0.1) is 0 Å². The van der Waals surface area contributed by atoms with E-state index in [1.807, 2.05) is 6.07 Å². The lowest BCUT2D eigenvalue weighted by atomic mass is 10.3. The second kappa shape index (κ2) is 3.32. The summed E-state index contributed by atoms with van der Waals surface area (Å²) in [6, 6.07) is 7.09. The average molecular weight is 225 g/mol. The summed E-state index contributed by atoms with van der Waals surface area (Å²) in [5.41, 5.74) is 0.651. The van der Waals surface area contributed by atoms with E-state index in [2.05, 4.69) is 10.2 Å². The van der Waals surface area contributed by atoms with E-state index in [4.69, 9.17) is 0 Å². The van der Waals surface area contributed by atoms with Crippen LogP contribution in [0.5, 0.6) is 0 Å². The van der Waals surface area contributed by atoms with Gasteiger partial charge >= 0.3 is 0 Å². The summed E-state index contributed by atoms with van der Waals surface area (Å²) in [6.45, 7) is 0. The lowest BCUT2D eigenvalue weighted by Gasteiger charge is -2.08. The molecule has 2 aromatic rings. The number of nitrogens with zero attached hydrogens (tertiary/aromatic N) is 2. The number of hydrogen-bond donors (Lipinski definition) is 1. The molecule has 0 saturated carbocycles. The maximum Gasteiger partial charge on any atom is 0.260 e. The Morgan fingerprint density at radius 3 is 2.60 bits per heavy atom. The molecule has 80 valence electrons. The van der Waals surface area contributed by atoms with Gasteiger partial charge in [0.25, 0.3) is 10.0 Å². The number of aromatic amines is 1. The van der Waals surface area contributed by atoms with E-state index in [0.717, 1.165) is 4.31 Å². The molecule has 0 aliphatic heterocycles. The van der Waals surface area contributed by atoms with Gasteiger partial charge in [0.05, 0.1) is 5.52 Å². The van der Waals surface area contributed by atoms with Crippen LogP contribution in [0.3, 0.4) is 0 Å². The van der Waals surface area contributed by atoms with Crippen LogP contribution in [-0.2, 0) is 10.0 Å². The second-order valence-corrected chi connectivity index (χ2v) is 5.45. The van der Waals surface area contributed by atoms with Crippen LogP contribution >= 0.6 is 0 Å². The van der Waals surface area contributed by atoms with Gasteiger partial charge in [0, 0.05) is 19.5 Å². The first-order valence-electron chi connectivity index (χ1n) is 4.39. The van der Waals surface area contributed by atoms with Crippen molar-refractivity contribution >= 4 is 20.9 Å². The zero-order valence-corrected chi connectivity index (χ0v) is 9.25. The number of benzene rings is 1. The number of nitrogens with one attached hydrogen (secondary N) is 1.